The van der Waals surface area contributed by atoms with Gasteiger partial charge in [0.25, 0.3) is 0 Å². The Morgan fingerprint density at radius 2 is 0.730 bits per heavy atom. The second kappa shape index (κ2) is 15.0. The molecule has 3 aromatic rings. The maximum atomic E-state index is 6.57. The van der Waals surface area contributed by atoms with Crippen LogP contribution in [0.4, 0.5) is 0 Å². The molecule has 0 unspecified atom stereocenters. The van der Waals surface area contributed by atoms with Crippen LogP contribution in [-0.2, 0) is 19.3 Å². The zero-order chi connectivity index (χ0) is 26.6. The highest BCUT2D eigenvalue weighted by Gasteiger charge is 2.24. The Bertz CT molecular complexity index is 940. The summed E-state index contributed by atoms with van der Waals surface area (Å²) in [5.74, 6) is 4.41. The molecular weight excluding hydrogens is 475 g/mol. The molecule has 3 nitrogen and oxygen atoms in total. The molecule has 0 aliphatic carbocycles. The second-order valence-electron chi connectivity index (χ2n) is 11.1. The van der Waals surface area contributed by atoms with Crippen LogP contribution in [-0.4, -0.2) is 0 Å². The van der Waals surface area contributed by atoms with Crippen molar-refractivity contribution >= 4 is 8.60 Å². The fourth-order valence-corrected chi connectivity index (χ4v) is 5.16. The predicted molar refractivity (Wildman–Crippen MR) is 158 cm³/mol. The van der Waals surface area contributed by atoms with E-state index in [9.17, 15) is 0 Å². The lowest BCUT2D eigenvalue weighted by Gasteiger charge is -2.22. The third-order valence-corrected chi connectivity index (χ3v) is 7.45. The van der Waals surface area contributed by atoms with Crippen molar-refractivity contribution in [1.82, 2.24) is 0 Å². The topological polar surface area (TPSA) is 27.7 Å². The minimum Gasteiger partial charge on any atom is -0.408 e. The minimum atomic E-state index is -1.72. The number of para-hydroxylation sites is 3. The predicted octanol–water partition coefficient (Wildman–Crippen LogP) is 10.2. The highest BCUT2D eigenvalue weighted by atomic mass is 31.2. The lowest BCUT2D eigenvalue weighted by molar-refractivity contribution is 0.381. The Balaban J connectivity index is 1.90. The Kier molecular flexibility index (Phi) is 11.8. The highest BCUT2D eigenvalue weighted by molar-refractivity contribution is 7.43. The first kappa shape index (κ1) is 29.1. The summed E-state index contributed by atoms with van der Waals surface area (Å²) < 4.78 is 19.7. The SMILES string of the molecule is CC(C)CCc1ccccc1OP(Oc1ccccc1CCC(C)C)Oc1ccccc1CCC(C)C. The zero-order valence-corrected chi connectivity index (χ0v) is 24.5. The molecule has 0 aliphatic rings. The van der Waals surface area contributed by atoms with Gasteiger partial charge in [-0.15, -0.1) is 0 Å². The third-order valence-electron chi connectivity index (χ3n) is 6.41. The summed E-state index contributed by atoms with van der Waals surface area (Å²) in [7, 11) is -1.72. The van der Waals surface area contributed by atoms with Gasteiger partial charge in [0.2, 0.25) is 0 Å². The van der Waals surface area contributed by atoms with Gasteiger partial charge >= 0.3 is 8.60 Å². The lowest BCUT2D eigenvalue weighted by atomic mass is 10.0. The van der Waals surface area contributed by atoms with Gasteiger partial charge < -0.3 is 13.6 Å². The van der Waals surface area contributed by atoms with E-state index in [0.29, 0.717) is 17.8 Å². The number of aryl methyl sites for hydroxylation is 3. The molecule has 0 amide bonds. The molecule has 0 bridgehead atoms. The summed E-state index contributed by atoms with van der Waals surface area (Å²) in [6.45, 7) is 13.5. The summed E-state index contributed by atoms with van der Waals surface area (Å²) in [5.41, 5.74) is 3.58. The van der Waals surface area contributed by atoms with Gasteiger partial charge in [-0.3, -0.25) is 0 Å². The fourth-order valence-electron chi connectivity index (χ4n) is 4.03. The molecule has 37 heavy (non-hydrogen) atoms. The normalized spacial score (nSPS) is 11.5. The van der Waals surface area contributed by atoms with Crippen molar-refractivity contribution in [1.29, 1.82) is 0 Å². The molecule has 0 N–H and O–H groups in total. The van der Waals surface area contributed by atoms with Gasteiger partial charge in [0, 0.05) is 0 Å². The lowest BCUT2D eigenvalue weighted by Crippen LogP contribution is -2.07. The summed E-state index contributed by atoms with van der Waals surface area (Å²) in [6, 6.07) is 24.9. The molecule has 0 fully saturated rings. The Labute approximate surface area is 226 Å². The summed E-state index contributed by atoms with van der Waals surface area (Å²) in [5, 5.41) is 0. The molecule has 0 heterocycles. The number of rotatable bonds is 15. The maximum Gasteiger partial charge on any atom is 0.530 e. The standard InChI is InChI=1S/C33H45O3P/c1-25(2)19-22-28-13-7-10-16-31(28)34-37(35-32-17-11-8-14-29(32)23-20-26(3)4)36-33-18-12-9-15-30(33)24-21-27(5)6/h7-18,25-27H,19-24H2,1-6H3. The highest BCUT2D eigenvalue weighted by Crippen LogP contribution is 2.45. The first-order chi connectivity index (χ1) is 17.8. The van der Waals surface area contributed by atoms with Crippen LogP contribution < -0.4 is 13.6 Å². The maximum absolute atomic E-state index is 6.57. The van der Waals surface area contributed by atoms with Crippen molar-refractivity contribution < 1.29 is 13.6 Å². The molecule has 0 spiro atoms. The first-order valence-electron chi connectivity index (χ1n) is 13.9. The molecule has 3 rings (SSSR count). The van der Waals surface area contributed by atoms with Crippen molar-refractivity contribution in [2.45, 2.75) is 80.1 Å². The van der Waals surface area contributed by atoms with Gasteiger partial charge in [0.05, 0.1) is 0 Å². The molecule has 0 saturated heterocycles. The molecular formula is C33H45O3P. The van der Waals surface area contributed by atoms with Crippen molar-refractivity contribution in [3.8, 4) is 17.2 Å². The Hall–Kier alpha value is -2.51. The van der Waals surface area contributed by atoms with E-state index in [1.165, 1.54) is 16.7 Å². The molecule has 0 saturated carbocycles. The van der Waals surface area contributed by atoms with E-state index in [1.54, 1.807) is 0 Å². The van der Waals surface area contributed by atoms with Crippen LogP contribution >= 0.6 is 8.60 Å². The summed E-state index contributed by atoms with van der Waals surface area (Å²) >= 11 is 0. The molecule has 4 heteroatoms. The molecule has 0 aliphatic heterocycles. The van der Waals surface area contributed by atoms with Crippen molar-refractivity contribution in [3.63, 3.8) is 0 Å². The molecule has 3 aromatic carbocycles. The quantitative estimate of drug-likeness (QED) is 0.187. The van der Waals surface area contributed by atoms with Gasteiger partial charge in [0.15, 0.2) is 0 Å². The molecule has 0 atom stereocenters. The summed E-state index contributed by atoms with van der Waals surface area (Å²) in [4.78, 5) is 0. The Morgan fingerprint density at radius 3 is 1.00 bits per heavy atom. The minimum absolute atomic E-state index is 0.628. The average molecular weight is 521 g/mol. The van der Waals surface area contributed by atoms with Crippen LogP contribution in [0.2, 0.25) is 0 Å². The number of hydrogen-bond acceptors (Lipinski definition) is 3. The molecule has 0 radical (unpaired) electrons. The van der Waals surface area contributed by atoms with Gasteiger partial charge in [-0.1, -0.05) is 96.1 Å². The number of hydrogen-bond donors (Lipinski definition) is 0. The van der Waals surface area contributed by atoms with E-state index in [-0.39, 0.29) is 0 Å². The molecule has 200 valence electrons. The van der Waals surface area contributed by atoms with Gasteiger partial charge in [-0.2, -0.15) is 0 Å². The van der Waals surface area contributed by atoms with Crippen LogP contribution in [0.25, 0.3) is 0 Å². The van der Waals surface area contributed by atoms with Gasteiger partial charge in [-0.05, 0) is 91.2 Å². The fraction of sp³-hybridized carbons (Fsp3) is 0.455. The van der Waals surface area contributed by atoms with Crippen LogP contribution in [0.1, 0.15) is 77.5 Å². The van der Waals surface area contributed by atoms with Gasteiger partial charge in [-0.25, -0.2) is 0 Å². The van der Waals surface area contributed by atoms with Crippen molar-refractivity contribution in [3.05, 3.63) is 89.5 Å². The van der Waals surface area contributed by atoms with Crippen molar-refractivity contribution in [2.24, 2.45) is 17.8 Å². The molecule has 0 aromatic heterocycles. The van der Waals surface area contributed by atoms with E-state index in [4.69, 9.17) is 13.6 Å². The van der Waals surface area contributed by atoms with Crippen LogP contribution in [0.15, 0.2) is 72.8 Å². The van der Waals surface area contributed by atoms with E-state index < -0.39 is 8.60 Å². The van der Waals surface area contributed by atoms with Crippen molar-refractivity contribution in [2.75, 3.05) is 0 Å². The smallest absolute Gasteiger partial charge is 0.408 e. The summed E-state index contributed by atoms with van der Waals surface area (Å²) in [6.07, 6.45) is 6.22. The number of benzene rings is 3. The van der Waals surface area contributed by atoms with Crippen LogP contribution in [0.3, 0.4) is 0 Å². The van der Waals surface area contributed by atoms with E-state index in [0.717, 1.165) is 55.8 Å². The largest absolute Gasteiger partial charge is 0.530 e. The third kappa shape index (κ3) is 10.0. The van der Waals surface area contributed by atoms with Crippen LogP contribution in [0.5, 0.6) is 17.2 Å². The van der Waals surface area contributed by atoms with Gasteiger partial charge in [0.1, 0.15) is 17.2 Å². The average Bonchev–Trinajstić information content (AvgIpc) is 2.87. The zero-order valence-electron chi connectivity index (χ0n) is 23.6. The van der Waals surface area contributed by atoms with E-state index in [1.807, 2.05) is 36.4 Å². The second-order valence-corrected chi connectivity index (χ2v) is 12.1. The monoisotopic (exact) mass is 520 g/mol. The van der Waals surface area contributed by atoms with E-state index >= 15 is 0 Å². The Morgan fingerprint density at radius 1 is 0.459 bits per heavy atom. The van der Waals surface area contributed by atoms with Crippen LogP contribution in [0, 0.1) is 17.8 Å². The first-order valence-corrected chi connectivity index (χ1v) is 15.0. The van der Waals surface area contributed by atoms with E-state index in [2.05, 4.69) is 77.9 Å².